The van der Waals surface area contributed by atoms with Crippen LogP contribution in [0.5, 0.6) is 0 Å². The Labute approximate surface area is 87.5 Å². The van der Waals surface area contributed by atoms with Gasteiger partial charge in [-0.05, 0) is 18.9 Å². The summed E-state index contributed by atoms with van der Waals surface area (Å²) in [5, 5.41) is 0. The van der Waals surface area contributed by atoms with Gasteiger partial charge in [0.25, 0.3) is 0 Å². The van der Waals surface area contributed by atoms with E-state index in [1.54, 1.807) is 7.05 Å². The summed E-state index contributed by atoms with van der Waals surface area (Å²) >= 11 is 0. The van der Waals surface area contributed by atoms with Crippen LogP contribution in [0, 0.1) is 5.92 Å². The molecule has 0 aliphatic carbocycles. The first-order chi connectivity index (χ1) is 6.44. The maximum atomic E-state index is 11.6. The zero-order chi connectivity index (χ0) is 11.2. The van der Waals surface area contributed by atoms with Gasteiger partial charge in [-0.15, -0.1) is 0 Å². The van der Waals surface area contributed by atoms with Crippen molar-refractivity contribution in [1.29, 1.82) is 0 Å². The summed E-state index contributed by atoms with van der Waals surface area (Å²) in [6.45, 7) is 4.97. The third kappa shape index (κ3) is 4.93. The molecule has 0 heterocycles. The Balaban J connectivity index is 4.14. The second-order valence-electron chi connectivity index (χ2n) is 3.79. The van der Waals surface area contributed by atoms with Crippen molar-refractivity contribution < 1.29 is 8.42 Å². The Bertz CT molecular complexity index is 239. The van der Waals surface area contributed by atoms with Gasteiger partial charge in [0.1, 0.15) is 0 Å². The van der Waals surface area contributed by atoms with Crippen LogP contribution in [-0.4, -0.2) is 38.6 Å². The van der Waals surface area contributed by atoms with E-state index in [0.29, 0.717) is 13.1 Å². The standard InChI is InChI=1S/C9H22N2O2S/c1-4-5-6-14(12,13)11(3)8-9(2)7-10/h9H,4-8,10H2,1-3H3. The lowest BCUT2D eigenvalue weighted by Gasteiger charge is -2.20. The molecule has 0 fully saturated rings. The van der Waals surface area contributed by atoms with Crippen molar-refractivity contribution in [3.05, 3.63) is 0 Å². The molecule has 1 unspecified atom stereocenters. The first kappa shape index (κ1) is 13.9. The average molecular weight is 222 g/mol. The van der Waals surface area contributed by atoms with Crippen LogP contribution >= 0.6 is 0 Å². The highest BCUT2D eigenvalue weighted by atomic mass is 32.2. The van der Waals surface area contributed by atoms with Crippen molar-refractivity contribution >= 4 is 10.0 Å². The third-order valence-corrected chi connectivity index (χ3v) is 4.11. The van der Waals surface area contributed by atoms with Crippen LogP contribution in [0.4, 0.5) is 0 Å². The summed E-state index contributed by atoms with van der Waals surface area (Å²) in [6, 6.07) is 0. The number of unbranched alkanes of at least 4 members (excludes halogenated alkanes) is 1. The first-order valence-corrected chi connectivity index (χ1v) is 6.69. The van der Waals surface area contributed by atoms with Crippen molar-refractivity contribution in [1.82, 2.24) is 4.31 Å². The topological polar surface area (TPSA) is 63.4 Å². The minimum Gasteiger partial charge on any atom is -0.330 e. The molecule has 0 aliphatic rings. The molecule has 1 atom stereocenters. The lowest BCUT2D eigenvalue weighted by Crippen LogP contribution is -2.35. The third-order valence-electron chi connectivity index (χ3n) is 2.20. The molecule has 0 bridgehead atoms. The molecule has 5 heteroatoms. The van der Waals surface area contributed by atoms with E-state index in [-0.39, 0.29) is 11.7 Å². The highest BCUT2D eigenvalue weighted by Gasteiger charge is 2.18. The molecule has 0 amide bonds. The predicted octanol–water partition coefficient (Wildman–Crippen LogP) is 0.643. The van der Waals surface area contributed by atoms with Gasteiger partial charge in [-0.2, -0.15) is 0 Å². The minimum atomic E-state index is -3.05. The van der Waals surface area contributed by atoms with E-state index >= 15 is 0 Å². The molecular formula is C9H22N2O2S. The van der Waals surface area contributed by atoms with Crippen LogP contribution < -0.4 is 5.73 Å². The molecule has 0 saturated heterocycles. The molecule has 14 heavy (non-hydrogen) atoms. The smallest absolute Gasteiger partial charge is 0.213 e. The van der Waals surface area contributed by atoms with Crippen molar-refractivity contribution in [2.45, 2.75) is 26.7 Å². The van der Waals surface area contributed by atoms with E-state index in [9.17, 15) is 8.42 Å². The van der Waals surface area contributed by atoms with Gasteiger partial charge in [0.15, 0.2) is 0 Å². The summed E-state index contributed by atoms with van der Waals surface area (Å²) in [4.78, 5) is 0. The lowest BCUT2D eigenvalue weighted by atomic mass is 10.2. The van der Waals surface area contributed by atoms with Gasteiger partial charge in [0.05, 0.1) is 5.75 Å². The van der Waals surface area contributed by atoms with Gasteiger partial charge in [-0.1, -0.05) is 20.3 Å². The maximum Gasteiger partial charge on any atom is 0.213 e. The van der Waals surface area contributed by atoms with Crippen LogP contribution in [0.2, 0.25) is 0 Å². The molecule has 0 rings (SSSR count). The van der Waals surface area contributed by atoms with Gasteiger partial charge in [-0.25, -0.2) is 12.7 Å². The van der Waals surface area contributed by atoms with Crippen LogP contribution in [-0.2, 0) is 10.0 Å². The largest absolute Gasteiger partial charge is 0.330 e. The van der Waals surface area contributed by atoms with E-state index in [1.807, 2.05) is 13.8 Å². The summed E-state index contributed by atoms with van der Waals surface area (Å²) in [6.07, 6.45) is 1.63. The molecule has 0 aromatic rings. The highest BCUT2D eigenvalue weighted by Crippen LogP contribution is 2.05. The fourth-order valence-electron chi connectivity index (χ4n) is 1.11. The Morgan fingerprint density at radius 2 is 2.00 bits per heavy atom. The summed E-state index contributed by atoms with van der Waals surface area (Å²) in [5.41, 5.74) is 5.44. The van der Waals surface area contributed by atoms with E-state index in [1.165, 1.54) is 4.31 Å². The fourth-order valence-corrected chi connectivity index (χ4v) is 2.56. The molecule has 4 nitrogen and oxygen atoms in total. The Hall–Kier alpha value is -0.130. The zero-order valence-electron chi connectivity index (χ0n) is 9.36. The number of rotatable bonds is 7. The Morgan fingerprint density at radius 1 is 1.43 bits per heavy atom. The van der Waals surface area contributed by atoms with Crippen molar-refractivity contribution in [2.75, 3.05) is 25.9 Å². The molecule has 0 aromatic carbocycles. The molecule has 0 radical (unpaired) electrons. The second-order valence-corrected chi connectivity index (χ2v) is 5.99. The normalized spacial score (nSPS) is 14.6. The van der Waals surface area contributed by atoms with E-state index < -0.39 is 10.0 Å². The quantitative estimate of drug-likeness (QED) is 0.687. The Morgan fingerprint density at radius 3 is 2.43 bits per heavy atom. The van der Waals surface area contributed by atoms with E-state index in [2.05, 4.69) is 0 Å². The first-order valence-electron chi connectivity index (χ1n) is 5.08. The summed E-state index contributed by atoms with van der Waals surface area (Å²) < 4.78 is 24.7. The summed E-state index contributed by atoms with van der Waals surface area (Å²) in [5.74, 6) is 0.466. The van der Waals surface area contributed by atoms with Crippen molar-refractivity contribution in [3.8, 4) is 0 Å². The van der Waals surface area contributed by atoms with Gasteiger partial charge in [0.2, 0.25) is 10.0 Å². The minimum absolute atomic E-state index is 0.219. The fraction of sp³-hybridized carbons (Fsp3) is 1.00. The number of nitrogens with two attached hydrogens (primary N) is 1. The van der Waals surface area contributed by atoms with Crippen LogP contribution in [0.25, 0.3) is 0 Å². The monoisotopic (exact) mass is 222 g/mol. The van der Waals surface area contributed by atoms with Crippen molar-refractivity contribution in [2.24, 2.45) is 11.7 Å². The number of hydrogen-bond donors (Lipinski definition) is 1. The SMILES string of the molecule is CCCCS(=O)(=O)N(C)CC(C)CN. The van der Waals surface area contributed by atoms with Crippen LogP contribution in [0.1, 0.15) is 26.7 Å². The molecule has 0 spiro atoms. The maximum absolute atomic E-state index is 11.6. The van der Waals surface area contributed by atoms with Crippen molar-refractivity contribution in [3.63, 3.8) is 0 Å². The molecule has 0 aliphatic heterocycles. The second kappa shape index (κ2) is 6.37. The van der Waals surface area contributed by atoms with E-state index in [4.69, 9.17) is 5.73 Å². The molecule has 86 valence electrons. The molecular weight excluding hydrogens is 200 g/mol. The van der Waals surface area contributed by atoms with E-state index in [0.717, 1.165) is 12.8 Å². The van der Waals surface area contributed by atoms with Gasteiger partial charge < -0.3 is 5.73 Å². The van der Waals surface area contributed by atoms with Crippen LogP contribution in [0.15, 0.2) is 0 Å². The van der Waals surface area contributed by atoms with Gasteiger partial charge in [-0.3, -0.25) is 0 Å². The predicted molar refractivity (Wildman–Crippen MR) is 59.5 cm³/mol. The van der Waals surface area contributed by atoms with Gasteiger partial charge >= 0.3 is 0 Å². The molecule has 2 N–H and O–H groups in total. The average Bonchev–Trinajstić information content (AvgIpc) is 2.14. The Kier molecular flexibility index (Phi) is 6.31. The number of sulfonamides is 1. The highest BCUT2D eigenvalue weighted by molar-refractivity contribution is 7.89. The molecule has 0 saturated carbocycles. The van der Waals surface area contributed by atoms with Crippen LogP contribution in [0.3, 0.4) is 0 Å². The van der Waals surface area contributed by atoms with Gasteiger partial charge in [0, 0.05) is 13.6 Å². The molecule has 0 aromatic heterocycles. The number of nitrogens with zero attached hydrogens (tertiary/aromatic N) is 1. The summed E-state index contributed by atoms with van der Waals surface area (Å²) in [7, 11) is -1.43. The zero-order valence-corrected chi connectivity index (χ0v) is 10.2. The number of hydrogen-bond acceptors (Lipinski definition) is 3. The lowest BCUT2D eigenvalue weighted by molar-refractivity contribution is 0.404.